The largest absolute Gasteiger partial charge is 0.389 e. The van der Waals surface area contributed by atoms with Crippen molar-refractivity contribution in [1.29, 1.82) is 0 Å². The zero-order valence-electron chi connectivity index (χ0n) is 9.66. The van der Waals surface area contributed by atoms with Crippen molar-refractivity contribution in [3.05, 3.63) is 40.6 Å². The number of nitrogens with zero attached hydrogens (tertiary/aromatic N) is 1. The molecule has 0 saturated heterocycles. The molecule has 0 aliphatic rings. The molecular formula is C13H14N2S. The van der Waals surface area contributed by atoms with Crippen molar-refractivity contribution in [2.75, 3.05) is 0 Å². The number of aromatic nitrogens is 1. The van der Waals surface area contributed by atoms with Crippen LogP contribution in [0.1, 0.15) is 22.4 Å². The average Bonchev–Trinajstić information content (AvgIpc) is 2.18. The lowest BCUT2D eigenvalue weighted by atomic mass is 10.0. The SMILES string of the molecule is Cc1cc(C)c2nc(C)cc(C(N)=S)c2c1. The zero-order chi connectivity index (χ0) is 11.9. The van der Waals surface area contributed by atoms with Crippen LogP contribution in [0.2, 0.25) is 0 Å². The minimum atomic E-state index is 0.431. The number of aryl methyl sites for hydroxylation is 3. The Balaban J connectivity index is 2.95. The molecule has 0 fully saturated rings. The van der Waals surface area contributed by atoms with Crippen LogP contribution in [0.25, 0.3) is 10.9 Å². The van der Waals surface area contributed by atoms with Gasteiger partial charge in [0.15, 0.2) is 0 Å². The summed E-state index contributed by atoms with van der Waals surface area (Å²) in [5, 5.41) is 1.05. The van der Waals surface area contributed by atoms with Gasteiger partial charge in [-0.25, -0.2) is 0 Å². The van der Waals surface area contributed by atoms with Crippen molar-refractivity contribution in [2.24, 2.45) is 5.73 Å². The van der Waals surface area contributed by atoms with Gasteiger partial charge in [0.05, 0.1) is 5.52 Å². The summed E-state index contributed by atoms with van der Waals surface area (Å²) in [6, 6.07) is 6.16. The van der Waals surface area contributed by atoms with E-state index in [9.17, 15) is 0 Å². The van der Waals surface area contributed by atoms with Crippen molar-refractivity contribution in [3.8, 4) is 0 Å². The third-order valence-electron chi connectivity index (χ3n) is 2.64. The zero-order valence-corrected chi connectivity index (χ0v) is 10.5. The van der Waals surface area contributed by atoms with Crippen molar-refractivity contribution in [2.45, 2.75) is 20.8 Å². The van der Waals surface area contributed by atoms with Crippen LogP contribution in [0.3, 0.4) is 0 Å². The van der Waals surface area contributed by atoms with E-state index in [1.165, 1.54) is 5.56 Å². The van der Waals surface area contributed by atoms with E-state index in [0.717, 1.165) is 27.7 Å². The molecule has 1 aromatic carbocycles. The molecule has 0 radical (unpaired) electrons. The topological polar surface area (TPSA) is 38.9 Å². The number of thiocarbonyl (C=S) groups is 1. The summed E-state index contributed by atoms with van der Waals surface area (Å²) in [6.07, 6.45) is 0. The molecular weight excluding hydrogens is 216 g/mol. The highest BCUT2D eigenvalue weighted by molar-refractivity contribution is 7.80. The summed E-state index contributed by atoms with van der Waals surface area (Å²) >= 11 is 5.09. The first kappa shape index (κ1) is 11.0. The Bertz CT molecular complexity index is 588. The number of hydrogen-bond acceptors (Lipinski definition) is 2. The monoisotopic (exact) mass is 230 g/mol. The number of hydrogen-bond donors (Lipinski definition) is 1. The number of fused-ring (bicyclic) bond motifs is 1. The van der Waals surface area contributed by atoms with Crippen LogP contribution < -0.4 is 5.73 Å². The number of pyridine rings is 1. The Morgan fingerprint density at radius 2 is 1.88 bits per heavy atom. The molecule has 0 unspecified atom stereocenters. The minimum Gasteiger partial charge on any atom is -0.389 e. The molecule has 0 aliphatic carbocycles. The first-order chi connectivity index (χ1) is 7.49. The van der Waals surface area contributed by atoms with Crippen molar-refractivity contribution in [3.63, 3.8) is 0 Å². The second kappa shape index (κ2) is 3.83. The quantitative estimate of drug-likeness (QED) is 0.766. The van der Waals surface area contributed by atoms with Gasteiger partial charge in [0.1, 0.15) is 4.99 Å². The molecule has 0 amide bonds. The highest BCUT2D eigenvalue weighted by atomic mass is 32.1. The van der Waals surface area contributed by atoms with E-state index in [4.69, 9.17) is 18.0 Å². The van der Waals surface area contributed by atoms with Crippen molar-refractivity contribution < 1.29 is 0 Å². The average molecular weight is 230 g/mol. The van der Waals surface area contributed by atoms with Gasteiger partial charge in [-0.05, 0) is 38.5 Å². The van der Waals surface area contributed by atoms with E-state index in [0.29, 0.717) is 4.99 Å². The third-order valence-corrected chi connectivity index (χ3v) is 2.86. The molecule has 0 spiro atoms. The van der Waals surface area contributed by atoms with Gasteiger partial charge in [-0.1, -0.05) is 23.8 Å². The summed E-state index contributed by atoms with van der Waals surface area (Å²) in [5.41, 5.74) is 11.0. The Labute approximate surface area is 100 Å². The molecule has 1 aromatic heterocycles. The van der Waals surface area contributed by atoms with Crippen molar-refractivity contribution >= 4 is 28.1 Å². The summed E-state index contributed by atoms with van der Waals surface area (Å²) in [4.78, 5) is 4.98. The van der Waals surface area contributed by atoms with E-state index in [1.54, 1.807) is 0 Å². The van der Waals surface area contributed by atoms with Crippen LogP contribution in [0.5, 0.6) is 0 Å². The van der Waals surface area contributed by atoms with Gasteiger partial charge < -0.3 is 5.73 Å². The molecule has 3 heteroatoms. The molecule has 82 valence electrons. The van der Waals surface area contributed by atoms with Crippen LogP contribution in [0.15, 0.2) is 18.2 Å². The second-order valence-corrected chi connectivity index (χ2v) is 4.59. The van der Waals surface area contributed by atoms with E-state index >= 15 is 0 Å². The third kappa shape index (κ3) is 1.78. The van der Waals surface area contributed by atoms with Crippen LogP contribution in [0.4, 0.5) is 0 Å². The predicted molar refractivity (Wildman–Crippen MR) is 71.8 cm³/mol. The fraction of sp³-hybridized carbons (Fsp3) is 0.231. The molecule has 2 rings (SSSR count). The molecule has 2 nitrogen and oxygen atoms in total. The van der Waals surface area contributed by atoms with Gasteiger partial charge in [0.25, 0.3) is 0 Å². The highest BCUT2D eigenvalue weighted by Gasteiger charge is 2.08. The van der Waals surface area contributed by atoms with Gasteiger partial charge in [0.2, 0.25) is 0 Å². The first-order valence-corrected chi connectivity index (χ1v) is 5.58. The van der Waals surface area contributed by atoms with Gasteiger partial charge in [-0.2, -0.15) is 0 Å². The van der Waals surface area contributed by atoms with Crippen LogP contribution in [-0.2, 0) is 0 Å². The highest BCUT2D eigenvalue weighted by Crippen LogP contribution is 2.23. The molecule has 2 aromatic rings. The molecule has 0 atom stereocenters. The normalized spacial score (nSPS) is 10.7. The second-order valence-electron chi connectivity index (χ2n) is 4.15. The Hall–Kier alpha value is -1.48. The van der Waals surface area contributed by atoms with Gasteiger partial charge in [-0.15, -0.1) is 0 Å². The lowest BCUT2D eigenvalue weighted by Gasteiger charge is -2.09. The molecule has 0 saturated carbocycles. The predicted octanol–water partition coefficient (Wildman–Crippen LogP) is 2.79. The minimum absolute atomic E-state index is 0.431. The Morgan fingerprint density at radius 3 is 2.50 bits per heavy atom. The maximum Gasteiger partial charge on any atom is 0.104 e. The van der Waals surface area contributed by atoms with Crippen LogP contribution >= 0.6 is 12.2 Å². The lowest BCUT2D eigenvalue weighted by molar-refractivity contribution is 1.23. The molecule has 1 heterocycles. The van der Waals surface area contributed by atoms with Crippen LogP contribution in [0, 0.1) is 20.8 Å². The van der Waals surface area contributed by atoms with E-state index in [2.05, 4.69) is 31.0 Å². The Kier molecular flexibility index (Phi) is 2.64. The molecule has 16 heavy (non-hydrogen) atoms. The van der Waals surface area contributed by atoms with Gasteiger partial charge in [-0.3, -0.25) is 4.98 Å². The standard InChI is InChI=1S/C13H14N2S/c1-7-4-8(2)12-10(5-7)11(13(14)16)6-9(3)15-12/h4-6H,1-3H3,(H2,14,16). The summed E-state index contributed by atoms with van der Waals surface area (Å²) < 4.78 is 0. The maximum absolute atomic E-state index is 5.75. The summed E-state index contributed by atoms with van der Waals surface area (Å²) in [6.45, 7) is 6.08. The van der Waals surface area contributed by atoms with Gasteiger partial charge >= 0.3 is 0 Å². The fourth-order valence-electron chi connectivity index (χ4n) is 2.01. The van der Waals surface area contributed by atoms with E-state index in [-0.39, 0.29) is 0 Å². The number of benzene rings is 1. The Morgan fingerprint density at radius 1 is 1.19 bits per heavy atom. The van der Waals surface area contributed by atoms with E-state index < -0.39 is 0 Å². The number of rotatable bonds is 1. The van der Waals surface area contributed by atoms with Crippen LogP contribution in [-0.4, -0.2) is 9.97 Å². The fourth-order valence-corrected chi connectivity index (χ4v) is 2.18. The first-order valence-electron chi connectivity index (χ1n) is 5.17. The lowest BCUT2D eigenvalue weighted by Crippen LogP contribution is -2.11. The number of nitrogens with two attached hydrogens (primary N) is 1. The maximum atomic E-state index is 5.75. The molecule has 2 N–H and O–H groups in total. The molecule has 0 aliphatic heterocycles. The summed E-state index contributed by atoms with van der Waals surface area (Å²) in [5.74, 6) is 0. The smallest absolute Gasteiger partial charge is 0.104 e. The molecule has 0 bridgehead atoms. The summed E-state index contributed by atoms with van der Waals surface area (Å²) in [7, 11) is 0. The van der Waals surface area contributed by atoms with Gasteiger partial charge in [0, 0.05) is 16.6 Å². The van der Waals surface area contributed by atoms with E-state index in [1.807, 2.05) is 13.0 Å². The van der Waals surface area contributed by atoms with Crippen molar-refractivity contribution in [1.82, 2.24) is 4.98 Å².